The minimum Gasteiger partial charge on any atom is -0.394 e. The Kier molecular flexibility index (Phi) is 3.26. The molecule has 3 nitrogen and oxygen atoms in total. The molecular formula is C11H18N2OS. The Morgan fingerprint density at radius 2 is 2.47 bits per heavy atom. The maximum atomic E-state index is 9.37. The van der Waals surface area contributed by atoms with Crippen LogP contribution in [0.15, 0.2) is 5.38 Å². The largest absolute Gasteiger partial charge is 0.394 e. The Balaban J connectivity index is 2.16. The van der Waals surface area contributed by atoms with Crippen LogP contribution in [0.1, 0.15) is 26.0 Å². The zero-order chi connectivity index (χ0) is 10.8. The topological polar surface area (TPSA) is 36.4 Å². The summed E-state index contributed by atoms with van der Waals surface area (Å²) in [5, 5.41) is 12.6. The smallest absolute Gasteiger partial charge is 0.185 e. The molecule has 2 unspecified atom stereocenters. The van der Waals surface area contributed by atoms with Crippen LogP contribution in [0.2, 0.25) is 0 Å². The lowest BCUT2D eigenvalue weighted by Gasteiger charge is -2.24. The third-order valence-electron chi connectivity index (χ3n) is 3.22. The summed E-state index contributed by atoms with van der Waals surface area (Å²) in [6.45, 7) is 5.59. The Hall–Kier alpha value is -0.610. The number of aryl methyl sites for hydroxylation is 1. The van der Waals surface area contributed by atoms with Crippen molar-refractivity contribution in [2.45, 2.75) is 32.7 Å². The molecule has 1 aliphatic rings. The molecule has 2 heterocycles. The summed E-state index contributed by atoms with van der Waals surface area (Å²) in [5.41, 5.74) is 1.16. The van der Waals surface area contributed by atoms with Gasteiger partial charge in [0.1, 0.15) is 0 Å². The first-order valence-electron chi connectivity index (χ1n) is 5.58. The maximum absolute atomic E-state index is 9.37. The summed E-state index contributed by atoms with van der Waals surface area (Å²) in [4.78, 5) is 6.84. The molecule has 0 amide bonds. The SMILES string of the molecule is CCc1csc(N2CCC(C)C2CO)n1. The van der Waals surface area contributed by atoms with Gasteiger partial charge in [-0.05, 0) is 18.8 Å². The molecule has 0 bridgehead atoms. The van der Waals surface area contributed by atoms with Crippen LogP contribution in [0.4, 0.5) is 5.13 Å². The first-order valence-corrected chi connectivity index (χ1v) is 6.46. The van der Waals surface area contributed by atoms with Gasteiger partial charge in [-0.1, -0.05) is 13.8 Å². The molecular weight excluding hydrogens is 208 g/mol. The van der Waals surface area contributed by atoms with Crippen LogP contribution >= 0.6 is 11.3 Å². The monoisotopic (exact) mass is 226 g/mol. The van der Waals surface area contributed by atoms with E-state index >= 15 is 0 Å². The lowest BCUT2D eigenvalue weighted by Crippen LogP contribution is -2.35. The van der Waals surface area contributed by atoms with Gasteiger partial charge in [-0.2, -0.15) is 0 Å². The molecule has 2 atom stereocenters. The van der Waals surface area contributed by atoms with Crippen LogP contribution in [-0.4, -0.2) is 29.3 Å². The molecule has 84 valence electrons. The summed E-state index contributed by atoms with van der Waals surface area (Å²) in [6, 6.07) is 0.265. The van der Waals surface area contributed by atoms with E-state index in [0.29, 0.717) is 5.92 Å². The number of aliphatic hydroxyl groups is 1. The molecule has 0 aliphatic carbocycles. The molecule has 0 radical (unpaired) electrons. The fourth-order valence-electron chi connectivity index (χ4n) is 2.11. The van der Waals surface area contributed by atoms with Crippen LogP contribution in [0.3, 0.4) is 0 Å². The van der Waals surface area contributed by atoms with E-state index in [1.165, 1.54) is 0 Å². The lowest BCUT2D eigenvalue weighted by molar-refractivity contribution is 0.244. The number of aliphatic hydroxyl groups excluding tert-OH is 1. The van der Waals surface area contributed by atoms with Crippen molar-refractivity contribution in [3.05, 3.63) is 11.1 Å². The standard InChI is InChI=1S/C11H18N2OS/c1-3-9-7-15-11(12-9)13-5-4-8(2)10(13)6-14/h7-8,10,14H,3-6H2,1-2H3. The molecule has 0 spiro atoms. The number of aromatic nitrogens is 1. The fourth-order valence-corrected chi connectivity index (χ4v) is 3.11. The van der Waals surface area contributed by atoms with E-state index in [9.17, 15) is 5.11 Å². The Morgan fingerprint density at radius 3 is 3.07 bits per heavy atom. The molecule has 1 aromatic rings. The molecule has 1 N–H and O–H groups in total. The van der Waals surface area contributed by atoms with Gasteiger partial charge in [-0.3, -0.25) is 0 Å². The van der Waals surface area contributed by atoms with Gasteiger partial charge in [0, 0.05) is 11.9 Å². The second kappa shape index (κ2) is 4.49. The van der Waals surface area contributed by atoms with E-state index in [1.807, 2.05) is 0 Å². The van der Waals surface area contributed by atoms with Crippen molar-refractivity contribution in [3.63, 3.8) is 0 Å². The fraction of sp³-hybridized carbons (Fsp3) is 0.727. The highest BCUT2D eigenvalue weighted by atomic mass is 32.1. The number of hydrogen-bond donors (Lipinski definition) is 1. The van der Waals surface area contributed by atoms with Crippen LogP contribution in [0.5, 0.6) is 0 Å². The highest BCUT2D eigenvalue weighted by molar-refractivity contribution is 7.13. The van der Waals surface area contributed by atoms with Crippen molar-refractivity contribution in [1.82, 2.24) is 4.98 Å². The van der Waals surface area contributed by atoms with Crippen molar-refractivity contribution >= 4 is 16.5 Å². The third kappa shape index (κ3) is 2.01. The number of nitrogens with zero attached hydrogens (tertiary/aromatic N) is 2. The number of rotatable bonds is 3. The molecule has 1 fully saturated rings. The predicted octanol–water partition coefficient (Wildman–Crippen LogP) is 1.91. The van der Waals surface area contributed by atoms with Gasteiger partial charge in [0.2, 0.25) is 0 Å². The average molecular weight is 226 g/mol. The van der Waals surface area contributed by atoms with Crippen LogP contribution in [0.25, 0.3) is 0 Å². The third-order valence-corrected chi connectivity index (χ3v) is 4.14. The second-order valence-corrected chi connectivity index (χ2v) is 5.02. The normalized spacial score (nSPS) is 26.2. The first kappa shape index (κ1) is 10.9. The Morgan fingerprint density at radius 1 is 1.67 bits per heavy atom. The van der Waals surface area contributed by atoms with Crippen LogP contribution in [-0.2, 0) is 6.42 Å². The molecule has 4 heteroatoms. The van der Waals surface area contributed by atoms with Crippen molar-refractivity contribution in [1.29, 1.82) is 0 Å². The second-order valence-electron chi connectivity index (χ2n) is 4.18. The number of hydrogen-bond acceptors (Lipinski definition) is 4. The quantitative estimate of drug-likeness (QED) is 0.855. The van der Waals surface area contributed by atoms with Gasteiger partial charge in [0.15, 0.2) is 5.13 Å². The van der Waals surface area contributed by atoms with Gasteiger partial charge in [0.25, 0.3) is 0 Å². The van der Waals surface area contributed by atoms with Crippen molar-refractivity contribution in [2.75, 3.05) is 18.1 Å². The minimum atomic E-state index is 0.238. The van der Waals surface area contributed by atoms with Gasteiger partial charge in [-0.15, -0.1) is 11.3 Å². The Labute approximate surface area is 94.8 Å². The van der Waals surface area contributed by atoms with Crippen LogP contribution < -0.4 is 4.90 Å². The van der Waals surface area contributed by atoms with E-state index in [2.05, 4.69) is 29.1 Å². The summed E-state index contributed by atoms with van der Waals surface area (Å²) in [7, 11) is 0. The molecule has 0 saturated carbocycles. The zero-order valence-corrected chi connectivity index (χ0v) is 10.1. The molecule has 2 rings (SSSR count). The highest BCUT2D eigenvalue weighted by Gasteiger charge is 2.32. The molecule has 1 saturated heterocycles. The minimum absolute atomic E-state index is 0.238. The summed E-state index contributed by atoms with van der Waals surface area (Å²) < 4.78 is 0. The van der Waals surface area contributed by atoms with E-state index in [1.54, 1.807) is 11.3 Å². The molecule has 1 aromatic heterocycles. The molecule has 1 aliphatic heterocycles. The maximum Gasteiger partial charge on any atom is 0.185 e. The number of anilines is 1. The van der Waals surface area contributed by atoms with Crippen molar-refractivity contribution in [2.24, 2.45) is 5.92 Å². The first-order chi connectivity index (χ1) is 7.26. The van der Waals surface area contributed by atoms with E-state index < -0.39 is 0 Å². The zero-order valence-electron chi connectivity index (χ0n) is 9.31. The molecule has 0 aromatic carbocycles. The lowest BCUT2D eigenvalue weighted by atomic mass is 10.0. The summed E-state index contributed by atoms with van der Waals surface area (Å²) in [5.74, 6) is 0.573. The van der Waals surface area contributed by atoms with Gasteiger partial charge in [0.05, 0.1) is 18.3 Å². The van der Waals surface area contributed by atoms with Gasteiger partial charge in [-0.25, -0.2) is 4.98 Å². The Bertz CT molecular complexity index is 326. The van der Waals surface area contributed by atoms with Gasteiger partial charge < -0.3 is 10.0 Å². The average Bonchev–Trinajstić information content (AvgIpc) is 2.83. The van der Waals surface area contributed by atoms with Gasteiger partial charge >= 0.3 is 0 Å². The number of thiazole rings is 1. The highest BCUT2D eigenvalue weighted by Crippen LogP contribution is 2.31. The summed E-state index contributed by atoms with van der Waals surface area (Å²) in [6.07, 6.45) is 2.15. The predicted molar refractivity (Wildman–Crippen MR) is 63.5 cm³/mol. The van der Waals surface area contributed by atoms with E-state index in [4.69, 9.17) is 0 Å². The van der Waals surface area contributed by atoms with Crippen molar-refractivity contribution < 1.29 is 5.11 Å². The van der Waals surface area contributed by atoms with Crippen molar-refractivity contribution in [3.8, 4) is 0 Å². The van der Waals surface area contributed by atoms with E-state index in [0.717, 1.165) is 30.2 Å². The molecule has 15 heavy (non-hydrogen) atoms. The van der Waals surface area contributed by atoms with Crippen LogP contribution in [0, 0.1) is 5.92 Å². The van der Waals surface area contributed by atoms with E-state index in [-0.39, 0.29) is 12.6 Å². The summed E-state index contributed by atoms with van der Waals surface area (Å²) >= 11 is 1.70.